The molecule has 1 fully saturated rings. The molecule has 1 aromatic rings. The highest BCUT2D eigenvalue weighted by atomic mass is 79.9. The molecule has 1 atom stereocenters. The van der Waals surface area contributed by atoms with E-state index in [4.69, 9.17) is 14.6 Å². The fraction of sp³-hybridized carbons (Fsp3) is 0.375. The van der Waals surface area contributed by atoms with Crippen LogP contribution in [0.4, 0.5) is 0 Å². The molecule has 0 bridgehead atoms. The second-order valence-corrected chi connectivity index (χ2v) is 6.32. The fourth-order valence-corrected chi connectivity index (χ4v) is 3.24. The van der Waals surface area contributed by atoms with Crippen LogP contribution >= 0.6 is 15.9 Å². The molecule has 6 nitrogen and oxygen atoms in total. The number of halogens is 1. The molecule has 0 aliphatic carbocycles. The SMILES string of the molecule is O=C(O)C1CCN(C(=O)/C=C/c2cc(Br)c3c(c2)OCCO3)C1. The van der Waals surface area contributed by atoms with Crippen LogP contribution in [0.5, 0.6) is 11.5 Å². The van der Waals surface area contributed by atoms with Gasteiger partial charge in [-0.3, -0.25) is 9.59 Å². The van der Waals surface area contributed by atoms with Crippen LogP contribution in [0.25, 0.3) is 6.08 Å². The lowest BCUT2D eigenvalue weighted by Gasteiger charge is -2.20. The van der Waals surface area contributed by atoms with E-state index in [-0.39, 0.29) is 12.5 Å². The lowest BCUT2D eigenvalue weighted by Crippen LogP contribution is -2.28. The number of ether oxygens (including phenoxy) is 2. The van der Waals surface area contributed by atoms with Crippen molar-refractivity contribution in [3.8, 4) is 11.5 Å². The Bertz CT molecular complexity index is 673. The minimum Gasteiger partial charge on any atom is -0.486 e. The highest BCUT2D eigenvalue weighted by molar-refractivity contribution is 9.10. The number of fused-ring (bicyclic) bond motifs is 1. The topological polar surface area (TPSA) is 76.1 Å². The number of hydrogen-bond donors (Lipinski definition) is 1. The number of aliphatic carboxylic acids is 1. The van der Waals surface area contributed by atoms with Gasteiger partial charge in [0.15, 0.2) is 11.5 Å². The highest BCUT2D eigenvalue weighted by Crippen LogP contribution is 2.38. The van der Waals surface area contributed by atoms with Crippen LogP contribution in [0.3, 0.4) is 0 Å². The lowest BCUT2D eigenvalue weighted by atomic mass is 10.1. The van der Waals surface area contributed by atoms with Crippen LogP contribution in [-0.2, 0) is 9.59 Å². The number of benzene rings is 1. The highest BCUT2D eigenvalue weighted by Gasteiger charge is 2.29. The smallest absolute Gasteiger partial charge is 0.308 e. The van der Waals surface area contributed by atoms with Gasteiger partial charge in [-0.2, -0.15) is 0 Å². The van der Waals surface area contributed by atoms with E-state index in [2.05, 4.69) is 15.9 Å². The molecule has 7 heteroatoms. The molecule has 122 valence electrons. The van der Waals surface area contributed by atoms with Gasteiger partial charge in [0.25, 0.3) is 0 Å². The maximum absolute atomic E-state index is 12.1. The summed E-state index contributed by atoms with van der Waals surface area (Å²) in [6.45, 7) is 1.75. The van der Waals surface area contributed by atoms with Crippen molar-refractivity contribution in [1.82, 2.24) is 4.90 Å². The van der Waals surface area contributed by atoms with Crippen molar-refractivity contribution in [2.45, 2.75) is 6.42 Å². The molecule has 0 radical (unpaired) electrons. The van der Waals surface area contributed by atoms with Crippen molar-refractivity contribution in [2.75, 3.05) is 26.3 Å². The summed E-state index contributed by atoms with van der Waals surface area (Å²) in [7, 11) is 0. The second kappa shape index (κ2) is 6.62. The molecule has 1 unspecified atom stereocenters. The summed E-state index contributed by atoms with van der Waals surface area (Å²) in [5.74, 6) is -0.177. The molecule has 1 amide bonds. The number of hydrogen-bond acceptors (Lipinski definition) is 4. The molecule has 0 saturated carbocycles. The minimum atomic E-state index is -0.847. The van der Waals surface area contributed by atoms with Gasteiger partial charge in [0.2, 0.25) is 5.91 Å². The van der Waals surface area contributed by atoms with Gasteiger partial charge in [-0.1, -0.05) is 0 Å². The molecular formula is C16H16BrNO5. The zero-order chi connectivity index (χ0) is 16.4. The zero-order valence-corrected chi connectivity index (χ0v) is 13.9. The number of carboxylic acids is 1. The van der Waals surface area contributed by atoms with Crippen LogP contribution in [0.1, 0.15) is 12.0 Å². The van der Waals surface area contributed by atoms with Gasteiger partial charge in [0.05, 0.1) is 10.4 Å². The van der Waals surface area contributed by atoms with Crippen molar-refractivity contribution < 1.29 is 24.2 Å². The quantitative estimate of drug-likeness (QED) is 0.811. The Morgan fingerprint density at radius 1 is 1.30 bits per heavy atom. The van der Waals surface area contributed by atoms with Gasteiger partial charge < -0.3 is 19.5 Å². The molecule has 0 aromatic heterocycles. The predicted octanol–water partition coefficient (Wildman–Crippen LogP) is 2.17. The first-order valence-electron chi connectivity index (χ1n) is 7.33. The first-order chi connectivity index (χ1) is 11.0. The minimum absolute atomic E-state index is 0.181. The van der Waals surface area contributed by atoms with Crippen molar-refractivity contribution in [2.24, 2.45) is 5.92 Å². The maximum atomic E-state index is 12.1. The van der Waals surface area contributed by atoms with E-state index in [1.807, 2.05) is 12.1 Å². The largest absolute Gasteiger partial charge is 0.486 e. The number of carboxylic acid groups (broad SMARTS) is 1. The average Bonchev–Trinajstić information content (AvgIpc) is 3.03. The van der Waals surface area contributed by atoms with E-state index in [1.165, 1.54) is 6.08 Å². The van der Waals surface area contributed by atoms with Crippen molar-refractivity contribution in [1.29, 1.82) is 0 Å². The first-order valence-corrected chi connectivity index (χ1v) is 8.13. The molecule has 2 aliphatic heterocycles. The van der Waals surface area contributed by atoms with Crippen LogP contribution in [0, 0.1) is 5.92 Å². The Balaban J connectivity index is 1.69. The summed E-state index contributed by atoms with van der Waals surface area (Å²) in [4.78, 5) is 24.6. The molecule has 2 aliphatic rings. The lowest BCUT2D eigenvalue weighted by molar-refractivity contribution is -0.141. The Labute approximate surface area is 141 Å². The third-order valence-electron chi connectivity index (χ3n) is 3.89. The summed E-state index contributed by atoms with van der Waals surface area (Å²) in [5, 5.41) is 8.98. The first kappa shape index (κ1) is 15.9. The van der Waals surface area contributed by atoms with Gasteiger partial charge >= 0.3 is 5.97 Å². The van der Waals surface area contributed by atoms with Gasteiger partial charge in [0.1, 0.15) is 13.2 Å². The number of carbonyl (C=O) groups is 2. The van der Waals surface area contributed by atoms with Gasteiger partial charge in [0, 0.05) is 19.2 Å². The summed E-state index contributed by atoms with van der Waals surface area (Å²) >= 11 is 3.43. The Hall–Kier alpha value is -2.02. The summed E-state index contributed by atoms with van der Waals surface area (Å²) in [5.41, 5.74) is 0.809. The molecular weight excluding hydrogens is 366 g/mol. The molecule has 1 N–H and O–H groups in total. The molecule has 1 saturated heterocycles. The van der Waals surface area contributed by atoms with Crippen LogP contribution in [0.2, 0.25) is 0 Å². The zero-order valence-electron chi connectivity index (χ0n) is 12.3. The molecule has 0 spiro atoms. The van der Waals surface area contributed by atoms with E-state index < -0.39 is 11.9 Å². The van der Waals surface area contributed by atoms with E-state index >= 15 is 0 Å². The van der Waals surface area contributed by atoms with Gasteiger partial charge in [-0.05, 0) is 46.1 Å². The maximum Gasteiger partial charge on any atom is 0.308 e. The Morgan fingerprint density at radius 3 is 2.83 bits per heavy atom. The third-order valence-corrected chi connectivity index (χ3v) is 4.48. The molecule has 2 heterocycles. The predicted molar refractivity (Wildman–Crippen MR) is 86.5 cm³/mol. The van der Waals surface area contributed by atoms with Crippen LogP contribution in [-0.4, -0.2) is 48.2 Å². The van der Waals surface area contributed by atoms with Crippen LogP contribution in [0.15, 0.2) is 22.7 Å². The summed E-state index contributed by atoms with van der Waals surface area (Å²) < 4.78 is 11.8. The van der Waals surface area contributed by atoms with E-state index in [1.54, 1.807) is 11.0 Å². The van der Waals surface area contributed by atoms with E-state index in [0.29, 0.717) is 37.7 Å². The standard InChI is InChI=1S/C16H16BrNO5/c17-12-7-10(8-13-15(12)23-6-5-22-13)1-2-14(19)18-4-3-11(9-18)16(20)21/h1-2,7-8,11H,3-6,9H2,(H,20,21)/b2-1+. The van der Waals surface area contributed by atoms with Gasteiger partial charge in [-0.15, -0.1) is 0 Å². The van der Waals surface area contributed by atoms with Gasteiger partial charge in [-0.25, -0.2) is 0 Å². The van der Waals surface area contributed by atoms with Crippen LogP contribution < -0.4 is 9.47 Å². The summed E-state index contributed by atoms with van der Waals surface area (Å²) in [6, 6.07) is 3.66. The Kier molecular flexibility index (Phi) is 4.56. The fourth-order valence-electron chi connectivity index (χ4n) is 2.66. The number of nitrogens with zero attached hydrogens (tertiary/aromatic N) is 1. The monoisotopic (exact) mass is 381 g/mol. The average molecular weight is 382 g/mol. The third kappa shape index (κ3) is 3.50. The van der Waals surface area contributed by atoms with Crippen molar-refractivity contribution in [3.05, 3.63) is 28.2 Å². The normalized spacial score (nSPS) is 20.0. The molecule has 3 rings (SSSR count). The molecule has 1 aromatic carbocycles. The second-order valence-electron chi connectivity index (χ2n) is 5.47. The number of amides is 1. The van der Waals surface area contributed by atoms with Crippen molar-refractivity contribution in [3.63, 3.8) is 0 Å². The number of likely N-dealkylation sites (tertiary alicyclic amines) is 1. The van der Waals surface area contributed by atoms with E-state index in [0.717, 1.165) is 10.0 Å². The van der Waals surface area contributed by atoms with Crippen molar-refractivity contribution >= 4 is 33.9 Å². The Morgan fingerprint density at radius 2 is 2.09 bits per heavy atom. The molecule has 23 heavy (non-hydrogen) atoms. The number of carbonyl (C=O) groups excluding carboxylic acids is 1. The number of rotatable bonds is 3. The summed E-state index contributed by atoms with van der Waals surface area (Å²) in [6.07, 6.45) is 3.66. The van der Waals surface area contributed by atoms with E-state index in [9.17, 15) is 9.59 Å².